The Kier molecular flexibility index (Phi) is 17.5. The zero-order valence-corrected chi connectivity index (χ0v) is 30.6. The van der Waals surface area contributed by atoms with Crippen molar-refractivity contribution in [1.82, 2.24) is 24.9 Å². The molecule has 0 aliphatic carbocycles. The van der Waals surface area contributed by atoms with Crippen LogP contribution in [0.3, 0.4) is 0 Å². The predicted molar refractivity (Wildman–Crippen MR) is 200 cm³/mol. The number of carboxylic acids is 1. The molecule has 6 N–H and O–H groups in total. The van der Waals surface area contributed by atoms with Crippen LogP contribution in [-0.4, -0.2) is 139 Å². The van der Waals surface area contributed by atoms with Crippen molar-refractivity contribution in [2.24, 2.45) is 21.5 Å². The van der Waals surface area contributed by atoms with Crippen LogP contribution in [-0.2, 0) is 27.5 Å². The van der Waals surface area contributed by atoms with Crippen LogP contribution in [0.15, 0.2) is 52.0 Å². The zero-order chi connectivity index (χ0) is 36.5. The van der Waals surface area contributed by atoms with E-state index in [0.717, 1.165) is 99.6 Å². The summed E-state index contributed by atoms with van der Waals surface area (Å²) in [6.45, 7) is 13.2. The number of aliphatic imine (C=N–C) groups is 2. The summed E-state index contributed by atoms with van der Waals surface area (Å²) in [5.74, 6) is 0.298. The fraction of sp³-hybridized carbons (Fsp3) is 0.571. The standard InChI is InChI=1S/C35H55N9O5S/c1-5-6-7-11-39-34(38-2)33-30(40-25-36)10-12-44(33)22-27-9-8-26(19-31(27)49-4)21-43-17-15-42(16-18-43)14-13-41(3)32(46)20-28(23-45)50-24-29(37)35(47)48/h8-10,12,19,23,28-29,39H,2,5-7,11,13-18,20-22,24-25,36-37H2,1,3-4H3,(H,47,48)/b34-33-,40-30-. The number of aliphatic carboxylic acids is 1. The van der Waals surface area contributed by atoms with Crippen LogP contribution in [0, 0.1) is 0 Å². The van der Waals surface area contributed by atoms with Gasteiger partial charge in [-0.1, -0.05) is 31.9 Å². The van der Waals surface area contributed by atoms with Gasteiger partial charge in [0.1, 0.15) is 23.8 Å². The van der Waals surface area contributed by atoms with E-state index in [1.807, 2.05) is 12.3 Å². The van der Waals surface area contributed by atoms with E-state index in [0.29, 0.717) is 25.2 Å². The third kappa shape index (κ3) is 12.5. The molecular formula is C35H55N9O5S. The summed E-state index contributed by atoms with van der Waals surface area (Å²) in [7, 11) is 3.43. The lowest BCUT2D eigenvalue weighted by Crippen LogP contribution is -2.48. The predicted octanol–water partition coefficient (Wildman–Crippen LogP) is 1.71. The number of nitrogens with one attached hydrogen (secondary N) is 1. The van der Waals surface area contributed by atoms with E-state index in [-0.39, 0.29) is 24.7 Å². The van der Waals surface area contributed by atoms with Crippen LogP contribution in [0.5, 0.6) is 5.75 Å². The molecule has 1 aromatic carbocycles. The van der Waals surface area contributed by atoms with Crippen molar-refractivity contribution in [3.05, 3.63) is 53.1 Å². The van der Waals surface area contributed by atoms with Crippen molar-refractivity contribution in [1.29, 1.82) is 0 Å². The summed E-state index contributed by atoms with van der Waals surface area (Å²) in [4.78, 5) is 52.3. The van der Waals surface area contributed by atoms with Gasteiger partial charge in [0, 0.05) is 83.3 Å². The van der Waals surface area contributed by atoms with Crippen LogP contribution in [0.1, 0.15) is 43.7 Å². The third-order valence-electron chi connectivity index (χ3n) is 8.73. The molecule has 1 aromatic rings. The summed E-state index contributed by atoms with van der Waals surface area (Å²) in [6, 6.07) is 5.31. The smallest absolute Gasteiger partial charge is 0.321 e. The molecule has 14 nitrogen and oxygen atoms in total. The van der Waals surface area contributed by atoms with Crippen molar-refractivity contribution in [2.45, 2.75) is 57.0 Å². The normalized spacial score (nSPS) is 18.2. The molecule has 276 valence electrons. The number of carbonyl (C=O) groups is 3. The van der Waals surface area contributed by atoms with Gasteiger partial charge in [-0.25, -0.2) is 4.99 Å². The number of unbranched alkanes of at least 4 members (excludes halogenated alkanes) is 2. The van der Waals surface area contributed by atoms with Gasteiger partial charge < -0.3 is 41.2 Å². The fourth-order valence-electron chi connectivity index (χ4n) is 5.69. The molecule has 0 bridgehead atoms. The minimum absolute atomic E-state index is 0.0204. The number of hydrogen-bond acceptors (Lipinski definition) is 13. The topological polar surface area (TPSA) is 182 Å². The molecule has 2 heterocycles. The van der Waals surface area contributed by atoms with Crippen LogP contribution < -0.4 is 21.5 Å². The van der Waals surface area contributed by atoms with E-state index in [1.54, 1.807) is 19.1 Å². The van der Waals surface area contributed by atoms with Gasteiger partial charge in [0.25, 0.3) is 0 Å². The number of aldehydes is 1. The van der Waals surface area contributed by atoms with Crippen molar-refractivity contribution in [3.8, 4) is 5.75 Å². The lowest BCUT2D eigenvalue weighted by Gasteiger charge is -2.35. The zero-order valence-electron chi connectivity index (χ0n) is 29.8. The molecule has 3 rings (SSSR count). The number of allylic oxidation sites excluding steroid dienone is 1. The van der Waals surface area contributed by atoms with Gasteiger partial charge in [0.15, 0.2) is 5.82 Å². The van der Waals surface area contributed by atoms with E-state index in [2.05, 4.69) is 61.8 Å². The Morgan fingerprint density at radius 2 is 1.94 bits per heavy atom. The first-order valence-corrected chi connectivity index (χ1v) is 18.2. The first kappa shape index (κ1) is 40.7. The maximum atomic E-state index is 12.7. The molecule has 15 heteroatoms. The summed E-state index contributed by atoms with van der Waals surface area (Å²) in [5, 5.41) is 11.8. The van der Waals surface area contributed by atoms with Crippen molar-refractivity contribution < 1.29 is 24.2 Å². The first-order valence-electron chi connectivity index (χ1n) is 17.2. The lowest BCUT2D eigenvalue weighted by atomic mass is 10.1. The molecule has 2 atom stereocenters. The van der Waals surface area contributed by atoms with Gasteiger partial charge in [-0.3, -0.25) is 24.4 Å². The van der Waals surface area contributed by atoms with Crippen molar-refractivity contribution in [2.75, 3.05) is 72.4 Å². The minimum atomic E-state index is -1.13. The molecular weight excluding hydrogens is 659 g/mol. The molecule has 0 radical (unpaired) electrons. The van der Waals surface area contributed by atoms with E-state index in [4.69, 9.17) is 21.3 Å². The number of carbonyl (C=O) groups excluding carboxylic acids is 2. The summed E-state index contributed by atoms with van der Waals surface area (Å²) in [5.41, 5.74) is 15.1. The number of methoxy groups -OCH3 is 1. The summed E-state index contributed by atoms with van der Waals surface area (Å²) < 4.78 is 5.85. The summed E-state index contributed by atoms with van der Waals surface area (Å²) in [6.07, 6.45) is 7.97. The summed E-state index contributed by atoms with van der Waals surface area (Å²) >= 11 is 1.10. The monoisotopic (exact) mass is 713 g/mol. The molecule has 1 saturated heterocycles. The molecule has 2 aliphatic heterocycles. The molecule has 2 unspecified atom stereocenters. The maximum Gasteiger partial charge on any atom is 0.321 e. The molecule has 0 spiro atoms. The highest BCUT2D eigenvalue weighted by Gasteiger charge is 2.25. The Morgan fingerprint density at radius 1 is 1.20 bits per heavy atom. The molecule has 0 saturated carbocycles. The Labute approximate surface area is 300 Å². The lowest BCUT2D eigenvalue weighted by molar-refractivity contribution is -0.138. The van der Waals surface area contributed by atoms with E-state index in [1.165, 1.54) is 5.56 Å². The number of nitrogens with zero attached hydrogens (tertiary/aromatic N) is 6. The van der Waals surface area contributed by atoms with Gasteiger partial charge in [-0.15, -0.1) is 11.8 Å². The van der Waals surface area contributed by atoms with Crippen LogP contribution in [0.4, 0.5) is 0 Å². The van der Waals surface area contributed by atoms with Gasteiger partial charge in [-0.05, 0) is 30.8 Å². The Balaban J connectivity index is 1.52. The Hall–Kier alpha value is -3.76. The minimum Gasteiger partial charge on any atom is -0.496 e. The molecule has 1 fully saturated rings. The SMILES string of the molecule is C=N/C(NCCCCC)=C1\C(=N/CN)C=CN1Cc1ccc(CN2CCN(CCN(C)C(=O)CC(C=O)SCC(N)C(=O)O)CC2)cc1OC. The number of nitrogens with two attached hydrogens (primary N) is 2. The second-order valence-electron chi connectivity index (χ2n) is 12.4. The second-order valence-corrected chi connectivity index (χ2v) is 13.7. The van der Waals surface area contributed by atoms with Gasteiger partial charge >= 0.3 is 5.97 Å². The highest BCUT2D eigenvalue weighted by atomic mass is 32.2. The maximum absolute atomic E-state index is 12.7. The molecule has 1 amide bonds. The van der Waals surface area contributed by atoms with Gasteiger partial charge in [0.05, 0.1) is 31.3 Å². The van der Waals surface area contributed by atoms with E-state index >= 15 is 0 Å². The van der Waals surface area contributed by atoms with E-state index < -0.39 is 17.3 Å². The molecule has 0 aromatic heterocycles. The quantitative estimate of drug-likeness (QED) is 0.0777. The Morgan fingerprint density at radius 3 is 2.58 bits per heavy atom. The number of amides is 1. The number of carboxylic acid groups (broad SMARTS) is 1. The average Bonchev–Trinajstić information content (AvgIpc) is 3.51. The van der Waals surface area contributed by atoms with Crippen molar-refractivity contribution in [3.63, 3.8) is 0 Å². The number of rotatable bonds is 22. The van der Waals surface area contributed by atoms with Gasteiger partial charge in [0.2, 0.25) is 5.91 Å². The molecule has 2 aliphatic rings. The molecule has 50 heavy (non-hydrogen) atoms. The van der Waals surface area contributed by atoms with Gasteiger partial charge in [-0.2, -0.15) is 0 Å². The number of hydrogen-bond donors (Lipinski definition) is 4. The number of likely N-dealkylation sites (N-methyl/N-ethyl adjacent to an activating group) is 1. The average molecular weight is 714 g/mol. The highest BCUT2D eigenvalue weighted by molar-refractivity contribution is 8.00. The van der Waals surface area contributed by atoms with Crippen LogP contribution in [0.2, 0.25) is 0 Å². The number of piperazine rings is 1. The number of benzene rings is 1. The van der Waals surface area contributed by atoms with E-state index in [9.17, 15) is 14.4 Å². The first-order chi connectivity index (χ1) is 24.1. The second kappa shape index (κ2) is 21.5. The highest BCUT2D eigenvalue weighted by Crippen LogP contribution is 2.28. The Bertz CT molecular complexity index is 1380. The van der Waals surface area contributed by atoms with Crippen molar-refractivity contribution >= 4 is 42.4 Å². The number of ether oxygens (including phenoxy) is 1. The van der Waals surface area contributed by atoms with Crippen LogP contribution in [0.25, 0.3) is 0 Å². The number of thioether (sulfide) groups is 1. The largest absolute Gasteiger partial charge is 0.496 e. The fourth-order valence-corrected chi connectivity index (χ4v) is 6.63. The van der Waals surface area contributed by atoms with Crippen LogP contribution >= 0.6 is 11.8 Å². The third-order valence-corrected chi connectivity index (χ3v) is 9.99.